The van der Waals surface area contributed by atoms with Crippen molar-refractivity contribution in [1.82, 2.24) is 4.57 Å². The average Bonchev–Trinajstić information content (AvgIpc) is 3.92. The third-order valence-corrected chi connectivity index (χ3v) is 19.0. The summed E-state index contributed by atoms with van der Waals surface area (Å²) in [5.74, 6) is 0. The van der Waals surface area contributed by atoms with Crippen molar-refractivity contribution in [2.75, 3.05) is 9.80 Å². The van der Waals surface area contributed by atoms with E-state index in [1.54, 1.807) is 0 Å². The molecule has 2 aliphatic carbocycles. The van der Waals surface area contributed by atoms with Crippen LogP contribution in [0.2, 0.25) is 0 Å². The third-order valence-electron chi connectivity index (χ3n) is 17.9. The predicted octanol–water partition coefficient (Wildman–Crippen LogP) is 13.2. The van der Waals surface area contributed by atoms with Crippen LogP contribution in [-0.4, -0.2) is 22.4 Å². The molecule has 5 heteroatoms. The highest BCUT2D eigenvalue weighted by Crippen LogP contribution is 2.64. The van der Waals surface area contributed by atoms with Crippen molar-refractivity contribution in [3.8, 4) is 5.69 Å². The number of hydrogen-bond acceptors (Lipinski definition) is 3. The minimum Gasteiger partial charge on any atom is -0.335 e. The maximum atomic E-state index is 9.73. The van der Waals surface area contributed by atoms with E-state index in [0.717, 1.165) is 49.8 Å². The van der Waals surface area contributed by atoms with Crippen molar-refractivity contribution in [1.29, 1.82) is 0 Å². The van der Waals surface area contributed by atoms with E-state index in [1.165, 1.54) is 94.2 Å². The molecule has 0 bridgehead atoms. The lowest BCUT2D eigenvalue weighted by atomic mass is 9.33. The van der Waals surface area contributed by atoms with Gasteiger partial charge >= 0.3 is 0 Å². The number of thiophene rings is 1. The molecule has 2 saturated carbocycles. The van der Waals surface area contributed by atoms with Crippen LogP contribution < -0.4 is 26.2 Å². The Kier molecular flexibility index (Phi) is 6.17. The number of hydrogen-bond donors (Lipinski definition) is 0. The zero-order chi connectivity index (χ0) is 45.4. The quantitative estimate of drug-likeness (QED) is 0.153. The maximum absolute atomic E-state index is 9.73. The fourth-order valence-corrected chi connectivity index (χ4v) is 15.3. The Bertz CT molecular complexity index is 3350. The van der Waals surface area contributed by atoms with Crippen LogP contribution in [0.3, 0.4) is 0 Å². The van der Waals surface area contributed by atoms with Crippen molar-refractivity contribution >= 4 is 88.4 Å². The molecule has 6 aliphatic rings. The van der Waals surface area contributed by atoms with Gasteiger partial charge in [-0.3, -0.25) is 0 Å². The van der Waals surface area contributed by atoms with E-state index in [9.17, 15) is 2.74 Å². The normalized spacial score (nSPS) is 28.1. The van der Waals surface area contributed by atoms with Gasteiger partial charge in [-0.2, -0.15) is 0 Å². The van der Waals surface area contributed by atoms with Gasteiger partial charge in [-0.05, 0) is 119 Å². The number of fused-ring (bicyclic) bond motifs is 15. The van der Waals surface area contributed by atoms with Gasteiger partial charge in [-0.1, -0.05) is 136 Å². The van der Waals surface area contributed by atoms with Gasteiger partial charge in [0.25, 0.3) is 6.71 Å². The molecule has 4 unspecified atom stereocenters. The molecule has 0 amide bonds. The standard InChI is InChI=1S/C56H60BN3S/c1-51(2,3)33-27-37-46-36-19-11-14-22-45(36)61-50(46)58-43-31-35(59-42-21-13-12-20-38(42)53(7)23-15-17-25-55(53,59)9)32-44-47(43)57(40(29-33)48(37)58)41-30-34(52(4,5)6)28-39-49(41)60(44)56(10)26-18-16-24-54(39,56)8/h11-14,19-22,27-32H,15-18,23-26H2,1-10H3/i12D,13D,20D,21D. The monoisotopic (exact) mass is 821 g/mol. The smallest absolute Gasteiger partial charge is 0.252 e. The second-order valence-corrected chi connectivity index (χ2v) is 23.9. The van der Waals surface area contributed by atoms with Gasteiger partial charge in [0.15, 0.2) is 0 Å². The molecule has 6 heterocycles. The van der Waals surface area contributed by atoms with E-state index in [2.05, 4.69) is 144 Å². The van der Waals surface area contributed by atoms with Crippen molar-refractivity contribution in [2.24, 2.45) is 0 Å². The summed E-state index contributed by atoms with van der Waals surface area (Å²) in [7, 11) is 0. The highest BCUT2D eigenvalue weighted by Gasteiger charge is 2.62. The van der Waals surface area contributed by atoms with Gasteiger partial charge < -0.3 is 14.4 Å². The molecule has 4 aliphatic heterocycles. The van der Waals surface area contributed by atoms with Gasteiger partial charge in [0.2, 0.25) is 0 Å². The first-order chi connectivity index (χ1) is 30.7. The lowest BCUT2D eigenvalue weighted by Gasteiger charge is -2.53. The molecule has 4 atom stereocenters. The SMILES string of the molecule is [2H]c1c([2H])c([2H])c2c(c1[2H])N(c1cc3c4c(c1)-n1c5sc6ccccc6c5c5cc(C(C)(C)C)cc(c51)B4c1cc(C(C)(C)C)cc4c1N3C1(C)CCCCC41C)C1(C)CCCCC21C. The molecular formula is C56H60BN3S. The molecule has 2 fully saturated rings. The van der Waals surface area contributed by atoms with Crippen molar-refractivity contribution in [2.45, 2.75) is 153 Å². The fourth-order valence-electron chi connectivity index (χ4n) is 14.1. The van der Waals surface area contributed by atoms with Gasteiger partial charge in [-0.25, -0.2) is 0 Å². The summed E-state index contributed by atoms with van der Waals surface area (Å²) in [6.45, 7) is 24.1. The van der Waals surface area contributed by atoms with E-state index in [0.29, 0.717) is 5.69 Å². The van der Waals surface area contributed by atoms with Gasteiger partial charge in [-0.15, -0.1) is 11.3 Å². The fraction of sp³-hybridized carbons (Fsp3) is 0.429. The summed E-state index contributed by atoms with van der Waals surface area (Å²) in [6, 6.07) is 24.2. The third kappa shape index (κ3) is 4.25. The summed E-state index contributed by atoms with van der Waals surface area (Å²) < 4.78 is 41.3. The van der Waals surface area contributed by atoms with Crippen LogP contribution in [-0.2, 0) is 21.7 Å². The Morgan fingerprint density at radius 1 is 0.639 bits per heavy atom. The van der Waals surface area contributed by atoms with Crippen LogP contribution in [0.5, 0.6) is 0 Å². The average molecular weight is 822 g/mol. The topological polar surface area (TPSA) is 11.4 Å². The Balaban J connectivity index is 1.24. The zero-order valence-corrected chi connectivity index (χ0v) is 38.6. The Labute approximate surface area is 372 Å². The van der Waals surface area contributed by atoms with E-state index in [4.69, 9.17) is 2.74 Å². The summed E-state index contributed by atoms with van der Waals surface area (Å²) in [4.78, 5) is 6.54. The zero-order valence-electron chi connectivity index (χ0n) is 41.8. The maximum Gasteiger partial charge on any atom is 0.252 e. The minimum atomic E-state index is -0.472. The van der Waals surface area contributed by atoms with E-state index < -0.39 is 11.0 Å². The largest absolute Gasteiger partial charge is 0.335 e. The number of benzene rings is 5. The molecule has 61 heavy (non-hydrogen) atoms. The Morgan fingerprint density at radius 2 is 1.26 bits per heavy atom. The highest BCUT2D eigenvalue weighted by molar-refractivity contribution is 7.26. The van der Waals surface area contributed by atoms with Crippen molar-refractivity contribution in [3.05, 3.63) is 107 Å². The van der Waals surface area contributed by atoms with Crippen LogP contribution in [0.1, 0.15) is 148 Å². The lowest BCUT2D eigenvalue weighted by Crippen LogP contribution is -2.64. The molecule has 0 radical (unpaired) electrons. The highest BCUT2D eigenvalue weighted by atomic mass is 32.1. The Hall–Kier alpha value is -4.48. The van der Waals surface area contributed by atoms with Crippen LogP contribution in [0.25, 0.3) is 36.9 Å². The van der Waals surface area contributed by atoms with E-state index >= 15 is 0 Å². The molecule has 2 aromatic heterocycles. The number of nitrogens with zero attached hydrogens (tertiary/aromatic N) is 3. The van der Waals surface area contributed by atoms with Crippen LogP contribution in [0.15, 0.2) is 84.8 Å². The molecule has 0 saturated heterocycles. The summed E-state index contributed by atoms with van der Waals surface area (Å²) in [6.07, 6.45) is 8.53. The van der Waals surface area contributed by atoms with Gasteiger partial charge in [0.05, 0.1) is 22.1 Å². The number of aromatic nitrogens is 1. The summed E-state index contributed by atoms with van der Waals surface area (Å²) >= 11 is 1.90. The molecule has 13 rings (SSSR count). The number of rotatable bonds is 1. The van der Waals surface area contributed by atoms with E-state index in [1.807, 2.05) is 11.3 Å². The van der Waals surface area contributed by atoms with Crippen LogP contribution in [0, 0.1) is 0 Å². The van der Waals surface area contributed by atoms with Crippen molar-refractivity contribution < 1.29 is 5.48 Å². The number of anilines is 4. The predicted molar refractivity (Wildman–Crippen MR) is 264 cm³/mol. The molecule has 3 nitrogen and oxygen atoms in total. The van der Waals surface area contributed by atoms with Crippen LogP contribution in [0.4, 0.5) is 22.7 Å². The molecule has 0 N–H and O–H groups in total. The second kappa shape index (κ2) is 11.4. The van der Waals surface area contributed by atoms with E-state index in [-0.39, 0.29) is 52.7 Å². The summed E-state index contributed by atoms with van der Waals surface area (Å²) in [5, 5.41) is 3.96. The summed E-state index contributed by atoms with van der Waals surface area (Å²) in [5.41, 5.74) is 14.9. The van der Waals surface area contributed by atoms with Crippen LogP contribution >= 0.6 is 11.3 Å². The molecule has 5 aromatic carbocycles. The lowest BCUT2D eigenvalue weighted by molar-refractivity contribution is 0.194. The molecular weight excluding hydrogens is 758 g/mol. The first-order valence-electron chi connectivity index (χ1n) is 25.2. The molecule has 0 spiro atoms. The number of para-hydroxylation sites is 1. The van der Waals surface area contributed by atoms with Crippen molar-refractivity contribution in [3.63, 3.8) is 0 Å². The molecule has 7 aromatic rings. The second-order valence-electron chi connectivity index (χ2n) is 22.9. The Morgan fingerprint density at radius 3 is 2.00 bits per heavy atom. The first-order valence-corrected chi connectivity index (χ1v) is 24.1. The minimum absolute atomic E-state index is 0.0000291. The van der Waals surface area contributed by atoms with Gasteiger partial charge in [0.1, 0.15) is 4.83 Å². The molecule has 308 valence electrons. The van der Waals surface area contributed by atoms with Gasteiger partial charge in [0, 0.05) is 60.1 Å². The first kappa shape index (κ1) is 33.1.